The lowest BCUT2D eigenvalue weighted by molar-refractivity contribution is 1.02. The fourth-order valence-corrected chi connectivity index (χ4v) is 2.26. The number of rotatable bonds is 2. The van der Waals surface area contributed by atoms with Gasteiger partial charge in [0.15, 0.2) is 0 Å². The van der Waals surface area contributed by atoms with E-state index in [1.165, 1.54) is 22.3 Å². The quantitative estimate of drug-likeness (QED) is 0.736. The molecule has 1 heteroatoms. The maximum Gasteiger partial charge on any atom is 0.0429 e. The second-order valence-corrected chi connectivity index (χ2v) is 4.44. The largest absolute Gasteiger partial charge is 0.293 e. The van der Waals surface area contributed by atoms with Crippen LogP contribution in [0.15, 0.2) is 65.7 Å². The van der Waals surface area contributed by atoms with E-state index in [9.17, 15) is 0 Å². The lowest BCUT2D eigenvalue weighted by Gasteiger charge is -2.10. The predicted molar refractivity (Wildman–Crippen MR) is 77.8 cm³/mol. The van der Waals surface area contributed by atoms with Crippen molar-refractivity contribution in [3.63, 3.8) is 0 Å². The van der Waals surface area contributed by atoms with E-state index in [1.54, 1.807) is 0 Å². The molecule has 0 saturated carbocycles. The molecule has 2 aromatic carbocycles. The Hall–Kier alpha value is -2.15. The summed E-state index contributed by atoms with van der Waals surface area (Å²) in [5, 5.41) is 0. The first-order chi connectivity index (χ1) is 8.93. The minimum Gasteiger partial charge on any atom is -0.293 e. The zero-order valence-corrected chi connectivity index (χ0v) is 10.2. The molecule has 18 heavy (non-hydrogen) atoms. The molecule has 88 valence electrons. The maximum atomic E-state index is 4.23. The van der Waals surface area contributed by atoms with Crippen molar-refractivity contribution in [2.75, 3.05) is 6.54 Å². The van der Waals surface area contributed by atoms with Gasteiger partial charge in [-0.25, -0.2) is 0 Å². The van der Waals surface area contributed by atoms with Crippen LogP contribution in [0.4, 0.5) is 0 Å². The smallest absolute Gasteiger partial charge is 0.0429 e. The molecule has 0 fully saturated rings. The highest BCUT2D eigenvalue weighted by Crippen LogP contribution is 2.25. The van der Waals surface area contributed by atoms with Crippen molar-refractivity contribution in [2.24, 2.45) is 4.99 Å². The molecule has 0 saturated heterocycles. The van der Waals surface area contributed by atoms with E-state index >= 15 is 0 Å². The monoisotopic (exact) mass is 233 g/mol. The predicted octanol–water partition coefficient (Wildman–Crippen LogP) is 4.21. The molecule has 3 rings (SSSR count). The van der Waals surface area contributed by atoms with Crippen molar-refractivity contribution >= 4 is 11.8 Å². The summed E-state index contributed by atoms with van der Waals surface area (Å²) in [6.45, 7) is 0.904. The summed E-state index contributed by atoms with van der Waals surface area (Å²) in [6.07, 6.45) is 5.07. The van der Waals surface area contributed by atoms with Gasteiger partial charge in [0.1, 0.15) is 0 Å². The van der Waals surface area contributed by atoms with Crippen LogP contribution in [0, 0.1) is 0 Å². The van der Waals surface area contributed by atoms with Gasteiger partial charge in [0.2, 0.25) is 0 Å². The summed E-state index contributed by atoms with van der Waals surface area (Å²) in [7, 11) is 0. The fraction of sp³-hybridized carbons (Fsp3) is 0.118. The number of allylic oxidation sites excluding steroid dienone is 1. The molecule has 0 atom stereocenters. The van der Waals surface area contributed by atoms with Gasteiger partial charge in [-0.3, -0.25) is 4.99 Å². The first-order valence-electron chi connectivity index (χ1n) is 6.28. The van der Waals surface area contributed by atoms with Crippen LogP contribution in [0.5, 0.6) is 0 Å². The van der Waals surface area contributed by atoms with Gasteiger partial charge in [0, 0.05) is 12.8 Å². The molecule has 0 unspecified atom stereocenters. The Morgan fingerprint density at radius 3 is 2.33 bits per heavy atom. The third-order valence-corrected chi connectivity index (χ3v) is 3.23. The lowest BCUT2D eigenvalue weighted by Crippen LogP contribution is -1.94. The number of aliphatic imine (C=N–C) groups is 1. The van der Waals surface area contributed by atoms with Gasteiger partial charge in [-0.15, -0.1) is 0 Å². The number of hydrogen-bond acceptors (Lipinski definition) is 1. The van der Waals surface area contributed by atoms with Crippen LogP contribution in [0.1, 0.15) is 12.0 Å². The normalized spacial score (nSPS) is 14.3. The first-order valence-corrected chi connectivity index (χ1v) is 6.28. The van der Waals surface area contributed by atoms with Gasteiger partial charge in [0.05, 0.1) is 0 Å². The molecule has 0 spiro atoms. The highest BCUT2D eigenvalue weighted by molar-refractivity contribution is 5.87. The van der Waals surface area contributed by atoms with Crippen LogP contribution >= 0.6 is 0 Å². The number of hydrogen-bond donors (Lipinski definition) is 0. The van der Waals surface area contributed by atoms with E-state index in [0.717, 1.165) is 13.0 Å². The van der Waals surface area contributed by atoms with E-state index < -0.39 is 0 Å². The summed E-state index contributed by atoms with van der Waals surface area (Å²) < 4.78 is 0. The molecule has 1 nitrogen and oxygen atoms in total. The SMILES string of the molecule is C1=NCCC(c2cccc(-c3ccccc3)c2)=C1. The van der Waals surface area contributed by atoms with E-state index in [1.807, 2.05) is 12.3 Å². The number of nitrogens with zero attached hydrogens (tertiary/aromatic N) is 1. The molecule has 0 radical (unpaired) electrons. The topological polar surface area (TPSA) is 12.4 Å². The van der Waals surface area contributed by atoms with E-state index in [4.69, 9.17) is 0 Å². The summed E-state index contributed by atoms with van der Waals surface area (Å²) in [4.78, 5) is 4.23. The van der Waals surface area contributed by atoms with Crippen molar-refractivity contribution in [2.45, 2.75) is 6.42 Å². The zero-order chi connectivity index (χ0) is 12.2. The third kappa shape index (κ3) is 2.25. The molecule has 1 heterocycles. The molecular formula is C17H15N. The Labute approximate surface area is 108 Å². The number of benzene rings is 2. The lowest BCUT2D eigenvalue weighted by atomic mass is 9.97. The Kier molecular flexibility index (Phi) is 3.05. The Morgan fingerprint density at radius 1 is 0.778 bits per heavy atom. The van der Waals surface area contributed by atoms with Crippen molar-refractivity contribution in [3.8, 4) is 11.1 Å². The van der Waals surface area contributed by atoms with Gasteiger partial charge >= 0.3 is 0 Å². The van der Waals surface area contributed by atoms with Crippen molar-refractivity contribution in [1.29, 1.82) is 0 Å². The standard InChI is InChI=1S/C17H15N/c1-2-5-14(6-3-1)16-7-4-8-17(13-16)15-9-11-18-12-10-15/h1-9,11,13H,10,12H2. The van der Waals surface area contributed by atoms with E-state index in [-0.39, 0.29) is 0 Å². The van der Waals surface area contributed by atoms with Crippen molar-refractivity contribution in [1.82, 2.24) is 0 Å². The minimum atomic E-state index is 0.904. The molecule has 0 aliphatic carbocycles. The number of dihydropyridines is 1. The third-order valence-electron chi connectivity index (χ3n) is 3.23. The summed E-state index contributed by atoms with van der Waals surface area (Å²) in [5.41, 5.74) is 5.23. The fourth-order valence-electron chi connectivity index (χ4n) is 2.26. The van der Waals surface area contributed by atoms with E-state index in [2.05, 4.69) is 59.6 Å². The first kappa shape index (κ1) is 11.0. The molecule has 0 aromatic heterocycles. The van der Waals surface area contributed by atoms with Crippen LogP contribution < -0.4 is 0 Å². The average molecular weight is 233 g/mol. The van der Waals surface area contributed by atoms with Crippen LogP contribution in [0.25, 0.3) is 16.7 Å². The van der Waals surface area contributed by atoms with Gasteiger partial charge < -0.3 is 0 Å². The second kappa shape index (κ2) is 5.01. The van der Waals surface area contributed by atoms with Gasteiger partial charge in [0.25, 0.3) is 0 Å². The second-order valence-electron chi connectivity index (χ2n) is 4.44. The molecule has 2 aromatic rings. The van der Waals surface area contributed by atoms with Crippen LogP contribution in [0.3, 0.4) is 0 Å². The summed E-state index contributed by atoms with van der Waals surface area (Å²) >= 11 is 0. The summed E-state index contributed by atoms with van der Waals surface area (Å²) in [6, 6.07) is 19.2. The van der Waals surface area contributed by atoms with Gasteiger partial charge in [-0.1, -0.05) is 48.5 Å². The molecule has 0 amide bonds. The Bertz CT molecular complexity index is 594. The van der Waals surface area contributed by atoms with Gasteiger partial charge in [-0.05, 0) is 40.8 Å². The van der Waals surface area contributed by atoms with Crippen LogP contribution in [-0.2, 0) is 0 Å². The molecule has 0 bridgehead atoms. The molecule has 0 N–H and O–H groups in total. The highest BCUT2D eigenvalue weighted by atomic mass is 14.7. The minimum absolute atomic E-state index is 0.904. The van der Waals surface area contributed by atoms with Crippen LogP contribution in [-0.4, -0.2) is 12.8 Å². The Balaban J connectivity index is 1.99. The van der Waals surface area contributed by atoms with Crippen LogP contribution in [0.2, 0.25) is 0 Å². The highest BCUT2D eigenvalue weighted by Gasteiger charge is 2.05. The van der Waals surface area contributed by atoms with Gasteiger partial charge in [-0.2, -0.15) is 0 Å². The molecular weight excluding hydrogens is 218 g/mol. The molecule has 1 aliphatic rings. The van der Waals surface area contributed by atoms with Crippen molar-refractivity contribution in [3.05, 3.63) is 66.2 Å². The average Bonchev–Trinajstić information content (AvgIpc) is 2.49. The summed E-state index contributed by atoms with van der Waals surface area (Å²) in [5.74, 6) is 0. The zero-order valence-electron chi connectivity index (χ0n) is 10.2. The maximum absolute atomic E-state index is 4.23. The van der Waals surface area contributed by atoms with E-state index in [0.29, 0.717) is 0 Å². The van der Waals surface area contributed by atoms with Crippen molar-refractivity contribution < 1.29 is 0 Å². The Morgan fingerprint density at radius 2 is 1.56 bits per heavy atom. The molecule has 1 aliphatic heterocycles.